The first-order valence-corrected chi connectivity index (χ1v) is 7.67. The van der Waals surface area contributed by atoms with Crippen LogP contribution in [0.2, 0.25) is 0 Å². The molecule has 102 valence electrons. The molecule has 2 aromatic carbocycles. The van der Waals surface area contributed by atoms with Crippen molar-refractivity contribution in [2.75, 3.05) is 0 Å². The minimum atomic E-state index is 1.15. The maximum Gasteiger partial charge on any atom is -0.00550 e. The minimum absolute atomic E-state index is 1.15. The standard InChI is InChI=1S/C20H22/c1-3-4-8-16-13-19-15(2)11-12-18(20(19)14-16)17-9-6-5-7-10-17/h5-7,9-12,14H,3-4,8,13H2,1-2H3. The van der Waals surface area contributed by atoms with Crippen molar-refractivity contribution < 1.29 is 0 Å². The van der Waals surface area contributed by atoms with E-state index in [0.29, 0.717) is 0 Å². The second kappa shape index (κ2) is 5.66. The van der Waals surface area contributed by atoms with Gasteiger partial charge in [0.1, 0.15) is 0 Å². The molecule has 20 heavy (non-hydrogen) atoms. The van der Waals surface area contributed by atoms with Crippen LogP contribution in [0.25, 0.3) is 17.2 Å². The first-order chi connectivity index (χ1) is 9.79. The van der Waals surface area contributed by atoms with Gasteiger partial charge in [-0.3, -0.25) is 0 Å². The Kier molecular flexibility index (Phi) is 3.73. The molecule has 0 unspecified atom stereocenters. The molecular weight excluding hydrogens is 240 g/mol. The highest BCUT2D eigenvalue weighted by Gasteiger charge is 2.18. The molecule has 0 spiro atoms. The number of fused-ring (bicyclic) bond motifs is 1. The molecule has 2 aromatic rings. The molecule has 0 heteroatoms. The highest BCUT2D eigenvalue weighted by atomic mass is 14.2. The molecule has 0 atom stereocenters. The van der Waals surface area contributed by atoms with Crippen molar-refractivity contribution in [2.45, 2.75) is 39.5 Å². The van der Waals surface area contributed by atoms with Crippen LogP contribution in [-0.2, 0) is 6.42 Å². The minimum Gasteiger partial charge on any atom is -0.0654 e. The zero-order chi connectivity index (χ0) is 13.9. The summed E-state index contributed by atoms with van der Waals surface area (Å²) in [6.07, 6.45) is 7.43. The lowest BCUT2D eigenvalue weighted by Gasteiger charge is -2.10. The van der Waals surface area contributed by atoms with Crippen molar-refractivity contribution >= 4 is 6.08 Å². The van der Waals surface area contributed by atoms with Gasteiger partial charge in [0.2, 0.25) is 0 Å². The summed E-state index contributed by atoms with van der Waals surface area (Å²) in [4.78, 5) is 0. The number of rotatable bonds is 4. The highest BCUT2D eigenvalue weighted by molar-refractivity contribution is 5.81. The Labute approximate surface area is 122 Å². The Morgan fingerprint density at radius 2 is 1.80 bits per heavy atom. The van der Waals surface area contributed by atoms with Crippen molar-refractivity contribution in [3.63, 3.8) is 0 Å². The first kappa shape index (κ1) is 13.2. The molecule has 0 aromatic heterocycles. The Bertz CT molecular complexity index is 633. The quantitative estimate of drug-likeness (QED) is 0.654. The molecule has 0 bridgehead atoms. The van der Waals surface area contributed by atoms with Crippen LogP contribution in [0, 0.1) is 6.92 Å². The molecule has 0 N–H and O–H groups in total. The molecule has 0 heterocycles. The summed E-state index contributed by atoms with van der Waals surface area (Å²) in [5.74, 6) is 0. The van der Waals surface area contributed by atoms with Crippen LogP contribution in [0.1, 0.15) is 42.9 Å². The summed E-state index contributed by atoms with van der Waals surface area (Å²) >= 11 is 0. The molecule has 0 fully saturated rings. The van der Waals surface area contributed by atoms with E-state index in [1.54, 1.807) is 5.57 Å². The Morgan fingerprint density at radius 3 is 2.55 bits per heavy atom. The molecule has 0 saturated carbocycles. The maximum absolute atomic E-state index is 2.44. The van der Waals surface area contributed by atoms with Gasteiger partial charge in [-0.1, -0.05) is 67.5 Å². The molecule has 1 aliphatic rings. The van der Waals surface area contributed by atoms with Gasteiger partial charge in [0.25, 0.3) is 0 Å². The Hall–Kier alpha value is -1.82. The van der Waals surface area contributed by atoms with Crippen LogP contribution in [-0.4, -0.2) is 0 Å². The summed E-state index contributed by atoms with van der Waals surface area (Å²) in [5, 5.41) is 0. The second-order valence-corrected chi connectivity index (χ2v) is 5.77. The molecule has 3 rings (SSSR count). The zero-order valence-corrected chi connectivity index (χ0v) is 12.4. The predicted octanol–water partition coefficient (Wildman–Crippen LogP) is 5.79. The monoisotopic (exact) mass is 262 g/mol. The van der Waals surface area contributed by atoms with E-state index < -0.39 is 0 Å². The summed E-state index contributed by atoms with van der Waals surface area (Å²) in [5.41, 5.74) is 8.75. The third-order valence-corrected chi connectivity index (χ3v) is 4.28. The smallest absolute Gasteiger partial charge is 0.00550 e. The topological polar surface area (TPSA) is 0 Å². The number of benzene rings is 2. The normalized spacial score (nSPS) is 13.2. The van der Waals surface area contributed by atoms with Crippen LogP contribution in [0.4, 0.5) is 0 Å². The summed E-state index contributed by atoms with van der Waals surface area (Å²) in [6.45, 7) is 4.51. The van der Waals surface area contributed by atoms with E-state index in [4.69, 9.17) is 0 Å². The van der Waals surface area contributed by atoms with Gasteiger partial charge < -0.3 is 0 Å². The average molecular weight is 262 g/mol. The van der Waals surface area contributed by atoms with E-state index in [9.17, 15) is 0 Å². The van der Waals surface area contributed by atoms with Gasteiger partial charge in [-0.05, 0) is 54.0 Å². The van der Waals surface area contributed by atoms with E-state index in [1.807, 2.05) is 0 Å². The lowest BCUT2D eigenvalue weighted by Crippen LogP contribution is -1.92. The average Bonchev–Trinajstić information content (AvgIpc) is 2.91. The van der Waals surface area contributed by atoms with Gasteiger partial charge in [0.15, 0.2) is 0 Å². The van der Waals surface area contributed by atoms with Crippen molar-refractivity contribution in [1.29, 1.82) is 0 Å². The van der Waals surface area contributed by atoms with E-state index in [1.165, 1.54) is 47.1 Å². The number of hydrogen-bond donors (Lipinski definition) is 0. The van der Waals surface area contributed by atoms with E-state index in [2.05, 4.69) is 62.4 Å². The third-order valence-electron chi connectivity index (χ3n) is 4.28. The van der Waals surface area contributed by atoms with Crippen molar-refractivity contribution in [1.82, 2.24) is 0 Å². The van der Waals surface area contributed by atoms with Crippen LogP contribution in [0.15, 0.2) is 48.0 Å². The number of aryl methyl sites for hydroxylation is 1. The first-order valence-electron chi connectivity index (χ1n) is 7.67. The SMILES string of the molecule is CCCCC1=Cc2c(-c3ccccc3)ccc(C)c2C1. The van der Waals surface area contributed by atoms with E-state index in [-0.39, 0.29) is 0 Å². The van der Waals surface area contributed by atoms with Crippen molar-refractivity contribution in [3.8, 4) is 11.1 Å². The number of hydrogen-bond acceptors (Lipinski definition) is 0. The maximum atomic E-state index is 2.44. The molecule has 1 aliphatic carbocycles. The molecule has 0 amide bonds. The zero-order valence-electron chi connectivity index (χ0n) is 12.4. The van der Waals surface area contributed by atoms with Crippen LogP contribution < -0.4 is 0 Å². The van der Waals surface area contributed by atoms with Crippen LogP contribution >= 0.6 is 0 Å². The van der Waals surface area contributed by atoms with Crippen molar-refractivity contribution in [2.24, 2.45) is 0 Å². The molecular formula is C20H22. The summed E-state index contributed by atoms with van der Waals surface area (Å²) in [7, 11) is 0. The molecule has 0 aliphatic heterocycles. The van der Waals surface area contributed by atoms with Gasteiger partial charge in [0, 0.05) is 0 Å². The van der Waals surface area contributed by atoms with Crippen LogP contribution in [0.5, 0.6) is 0 Å². The Balaban J connectivity index is 2.03. The fraction of sp³-hybridized carbons (Fsp3) is 0.300. The molecule has 0 saturated heterocycles. The predicted molar refractivity (Wildman–Crippen MR) is 87.8 cm³/mol. The van der Waals surface area contributed by atoms with E-state index >= 15 is 0 Å². The van der Waals surface area contributed by atoms with Gasteiger partial charge in [-0.15, -0.1) is 0 Å². The van der Waals surface area contributed by atoms with Gasteiger partial charge in [-0.25, -0.2) is 0 Å². The van der Waals surface area contributed by atoms with Crippen molar-refractivity contribution in [3.05, 3.63) is 64.7 Å². The lowest BCUT2D eigenvalue weighted by molar-refractivity contribution is 0.779. The summed E-state index contributed by atoms with van der Waals surface area (Å²) < 4.78 is 0. The Morgan fingerprint density at radius 1 is 1.00 bits per heavy atom. The molecule has 0 radical (unpaired) electrons. The van der Waals surface area contributed by atoms with Gasteiger partial charge >= 0.3 is 0 Å². The second-order valence-electron chi connectivity index (χ2n) is 5.77. The fourth-order valence-corrected chi connectivity index (χ4v) is 3.09. The number of allylic oxidation sites excluding steroid dienone is 1. The molecule has 0 nitrogen and oxygen atoms in total. The lowest BCUT2D eigenvalue weighted by atomic mass is 9.94. The van der Waals surface area contributed by atoms with Crippen LogP contribution in [0.3, 0.4) is 0 Å². The highest BCUT2D eigenvalue weighted by Crippen LogP contribution is 2.37. The fourth-order valence-electron chi connectivity index (χ4n) is 3.09. The van der Waals surface area contributed by atoms with Gasteiger partial charge in [-0.2, -0.15) is 0 Å². The summed E-state index contributed by atoms with van der Waals surface area (Å²) in [6, 6.07) is 15.3. The van der Waals surface area contributed by atoms with E-state index in [0.717, 1.165) is 6.42 Å². The number of unbranched alkanes of at least 4 members (excludes halogenated alkanes) is 1. The van der Waals surface area contributed by atoms with Gasteiger partial charge in [0.05, 0.1) is 0 Å². The largest absolute Gasteiger partial charge is 0.0654 e. The third kappa shape index (κ3) is 2.43.